The molecule has 0 spiro atoms. The summed E-state index contributed by atoms with van der Waals surface area (Å²) in [6.07, 6.45) is 0. The average Bonchev–Trinajstić information content (AvgIpc) is 2.93. The van der Waals surface area contributed by atoms with Crippen LogP contribution in [0.2, 0.25) is 0 Å². The normalized spacial score (nSPS) is 15.0. The van der Waals surface area contributed by atoms with Gasteiger partial charge in [0, 0.05) is 18.8 Å². The van der Waals surface area contributed by atoms with Crippen molar-refractivity contribution in [1.82, 2.24) is 25.5 Å². The van der Waals surface area contributed by atoms with E-state index in [0.29, 0.717) is 13.2 Å². The van der Waals surface area contributed by atoms with E-state index in [1.165, 1.54) is 0 Å². The lowest BCUT2D eigenvalue weighted by Crippen LogP contribution is -2.20. The van der Waals surface area contributed by atoms with Crippen molar-refractivity contribution >= 4 is 11.8 Å². The lowest BCUT2D eigenvalue weighted by atomic mass is 10.1. The molecule has 0 bridgehead atoms. The van der Waals surface area contributed by atoms with E-state index in [4.69, 9.17) is 9.47 Å². The third-order valence-corrected chi connectivity index (χ3v) is 4.38. The first-order valence-electron chi connectivity index (χ1n) is 6.70. The minimum atomic E-state index is 0.183. The number of aromatic nitrogens is 4. The quantitative estimate of drug-likeness (QED) is 0.827. The van der Waals surface area contributed by atoms with E-state index in [2.05, 4.69) is 26.9 Å². The second-order valence-electron chi connectivity index (χ2n) is 4.64. The zero-order valence-corrected chi connectivity index (χ0v) is 12.8. The fourth-order valence-electron chi connectivity index (χ4n) is 2.12. The molecule has 8 heteroatoms. The van der Waals surface area contributed by atoms with Gasteiger partial charge in [-0.3, -0.25) is 0 Å². The van der Waals surface area contributed by atoms with Gasteiger partial charge in [-0.1, -0.05) is 17.8 Å². The summed E-state index contributed by atoms with van der Waals surface area (Å²) < 4.78 is 12.8. The SMILES string of the molecule is CNC(CSc1nnnn1C)c1ccc2c(c1)OCCO2. The van der Waals surface area contributed by atoms with Gasteiger partial charge in [0.15, 0.2) is 11.5 Å². The van der Waals surface area contributed by atoms with Crippen LogP contribution in [0.4, 0.5) is 0 Å². The van der Waals surface area contributed by atoms with Crippen molar-refractivity contribution in [3.05, 3.63) is 23.8 Å². The monoisotopic (exact) mass is 307 g/mol. The second-order valence-corrected chi connectivity index (χ2v) is 5.63. The minimum Gasteiger partial charge on any atom is -0.486 e. The van der Waals surface area contributed by atoms with Crippen LogP contribution in [0.15, 0.2) is 23.4 Å². The van der Waals surface area contributed by atoms with Gasteiger partial charge in [-0.15, -0.1) is 5.10 Å². The standard InChI is InChI=1S/C13H17N5O2S/c1-14-10(8-21-13-15-16-17-18(13)2)9-3-4-11-12(7-9)20-6-5-19-11/h3-4,7,10,14H,5-6,8H2,1-2H3. The van der Waals surface area contributed by atoms with Crippen molar-refractivity contribution in [2.45, 2.75) is 11.2 Å². The third-order valence-electron chi connectivity index (χ3n) is 3.28. The number of nitrogens with zero attached hydrogens (tertiary/aromatic N) is 4. The Morgan fingerprint density at radius 3 is 2.86 bits per heavy atom. The Hall–Kier alpha value is -1.80. The molecule has 1 aliphatic heterocycles. The number of hydrogen-bond acceptors (Lipinski definition) is 7. The highest BCUT2D eigenvalue weighted by atomic mass is 32.2. The minimum absolute atomic E-state index is 0.183. The maximum absolute atomic E-state index is 5.63. The van der Waals surface area contributed by atoms with Gasteiger partial charge in [-0.2, -0.15) is 0 Å². The van der Waals surface area contributed by atoms with Crippen LogP contribution in [-0.2, 0) is 7.05 Å². The molecular weight excluding hydrogens is 290 g/mol. The molecule has 3 rings (SSSR count). The van der Waals surface area contributed by atoms with Crippen molar-refractivity contribution in [1.29, 1.82) is 0 Å². The van der Waals surface area contributed by atoms with Crippen LogP contribution < -0.4 is 14.8 Å². The van der Waals surface area contributed by atoms with Crippen LogP contribution in [-0.4, -0.2) is 46.2 Å². The highest BCUT2D eigenvalue weighted by Gasteiger charge is 2.17. The zero-order valence-electron chi connectivity index (χ0n) is 11.9. The predicted octanol–water partition coefficient (Wildman–Crippen LogP) is 1.03. The molecule has 1 N–H and O–H groups in total. The molecule has 0 amide bonds. The number of nitrogens with one attached hydrogen (secondary N) is 1. The topological polar surface area (TPSA) is 74.1 Å². The summed E-state index contributed by atoms with van der Waals surface area (Å²) in [7, 11) is 3.78. The maximum atomic E-state index is 5.63. The number of rotatable bonds is 5. The number of aryl methyl sites for hydroxylation is 1. The molecule has 2 heterocycles. The number of ether oxygens (including phenoxy) is 2. The van der Waals surface area contributed by atoms with Gasteiger partial charge >= 0.3 is 0 Å². The molecule has 0 saturated heterocycles. The summed E-state index contributed by atoms with van der Waals surface area (Å²) in [6.45, 7) is 1.21. The van der Waals surface area contributed by atoms with Gasteiger partial charge in [0.2, 0.25) is 5.16 Å². The molecule has 0 radical (unpaired) electrons. The molecule has 7 nitrogen and oxygen atoms in total. The Morgan fingerprint density at radius 1 is 1.33 bits per heavy atom. The van der Waals surface area contributed by atoms with Gasteiger partial charge in [-0.05, 0) is 35.2 Å². The van der Waals surface area contributed by atoms with Crippen LogP contribution in [0.3, 0.4) is 0 Å². The molecule has 21 heavy (non-hydrogen) atoms. The van der Waals surface area contributed by atoms with Gasteiger partial charge in [0.1, 0.15) is 13.2 Å². The molecule has 2 aromatic rings. The van der Waals surface area contributed by atoms with Crippen molar-refractivity contribution in [2.24, 2.45) is 7.05 Å². The zero-order chi connectivity index (χ0) is 14.7. The number of thioether (sulfide) groups is 1. The summed E-state index contributed by atoms with van der Waals surface area (Å²) in [4.78, 5) is 0. The summed E-state index contributed by atoms with van der Waals surface area (Å²) in [5.41, 5.74) is 1.16. The number of benzene rings is 1. The van der Waals surface area contributed by atoms with E-state index in [1.807, 2.05) is 26.2 Å². The van der Waals surface area contributed by atoms with Crippen LogP contribution in [0, 0.1) is 0 Å². The third kappa shape index (κ3) is 3.11. The second kappa shape index (κ2) is 6.31. The molecular formula is C13H17N5O2S. The first kappa shape index (κ1) is 14.2. The van der Waals surface area contributed by atoms with Crippen molar-refractivity contribution in [3.63, 3.8) is 0 Å². The Bertz CT molecular complexity index is 618. The Labute approximate surface area is 127 Å². The van der Waals surface area contributed by atoms with E-state index in [1.54, 1.807) is 16.4 Å². The number of fused-ring (bicyclic) bond motifs is 1. The smallest absolute Gasteiger partial charge is 0.209 e. The van der Waals surface area contributed by atoms with E-state index in [0.717, 1.165) is 28.0 Å². The lowest BCUT2D eigenvalue weighted by Gasteiger charge is -2.21. The number of hydrogen-bond donors (Lipinski definition) is 1. The first-order valence-corrected chi connectivity index (χ1v) is 7.68. The highest BCUT2D eigenvalue weighted by Crippen LogP contribution is 2.33. The summed E-state index contributed by atoms with van der Waals surface area (Å²) >= 11 is 1.61. The fraction of sp³-hybridized carbons (Fsp3) is 0.462. The van der Waals surface area contributed by atoms with Crippen molar-refractivity contribution < 1.29 is 9.47 Å². The molecule has 0 aliphatic carbocycles. The largest absolute Gasteiger partial charge is 0.486 e. The van der Waals surface area contributed by atoms with Crippen LogP contribution in [0.1, 0.15) is 11.6 Å². The molecule has 112 valence electrons. The highest BCUT2D eigenvalue weighted by molar-refractivity contribution is 7.99. The molecule has 0 fully saturated rings. The number of tetrazole rings is 1. The van der Waals surface area contributed by atoms with Gasteiger partial charge in [0.05, 0.1) is 0 Å². The molecule has 1 atom stereocenters. The Morgan fingerprint density at radius 2 is 2.14 bits per heavy atom. The van der Waals surface area contributed by atoms with Crippen molar-refractivity contribution in [3.8, 4) is 11.5 Å². The molecule has 0 saturated carbocycles. The Balaban J connectivity index is 1.72. The van der Waals surface area contributed by atoms with Gasteiger partial charge in [-0.25, -0.2) is 4.68 Å². The summed E-state index contributed by atoms with van der Waals surface area (Å²) in [6, 6.07) is 6.24. The molecule has 1 aromatic carbocycles. The van der Waals surface area contributed by atoms with Gasteiger partial charge in [0.25, 0.3) is 0 Å². The van der Waals surface area contributed by atoms with Crippen LogP contribution in [0.25, 0.3) is 0 Å². The Kier molecular flexibility index (Phi) is 4.26. The van der Waals surface area contributed by atoms with E-state index in [-0.39, 0.29) is 6.04 Å². The van der Waals surface area contributed by atoms with E-state index < -0.39 is 0 Å². The average molecular weight is 307 g/mol. The summed E-state index contributed by atoms with van der Waals surface area (Å²) in [5.74, 6) is 2.44. The molecule has 1 aliphatic rings. The van der Waals surface area contributed by atoms with E-state index in [9.17, 15) is 0 Å². The molecule has 1 aromatic heterocycles. The maximum Gasteiger partial charge on any atom is 0.209 e. The molecule has 1 unspecified atom stereocenters. The van der Waals surface area contributed by atoms with Crippen LogP contribution >= 0.6 is 11.8 Å². The fourth-order valence-corrected chi connectivity index (χ4v) is 3.12. The van der Waals surface area contributed by atoms with Gasteiger partial charge < -0.3 is 14.8 Å². The van der Waals surface area contributed by atoms with Crippen LogP contribution in [0.5, 0.6) is 11.5 Å². The van der Waals surface area contributed by atoms with E-state index >= 15 is 0 Å². The lowest BCUT2D eigenvalue weighted by molar-refractivity contribution is 0.171. The predicted molar refractivity (Wildman–Crippen MR) is 78.8 cm³/mol. The first-order chi connectivity index (χ1) is 10.3. The summed E-state index contributed by atoms with van der Waals surface area (Å²) in [5, 5.41) is 15.6. The van der Waals surface area contributed by atoms with Crippen molar-refractivity contribution in [2.75, 3.05) is 26.0 Å².